The van der Waals surface area contributed by atoms with Crippen molar-refractivity contribution in [2.75, 3.05) is 152 Å². The number of halogens is 2. The molecule has 0 aliphatic heterocycles. The van der Waals surface area contributed by atoms with Gasteiger partial charge in [0.05, 0.1) is 73.2 Å². The smallest absolute Gasteiger partial charge is 0.332 e. The summed E-state index contributed by atoms with van der Waals surface area (Å²) < 4.78 is 65.9. The number of methoxy groups -OCH3 is 1. The molecule has 2 amide bonds. The average Bonchev–Trinajstić information content (AvgIpc) is 3.26. The minimum Gasteiger partial charge on any atom is -0.480 e. The standard InChI is InChI=1S/C22H39NO11.C21H37NO11.FH.H2IP/c1-22(2,3)34-21(27)17-33-14-18(24)6-5-8-29-10-12-31-15-19(25)23-7-9-30-11-13-32-16-20(26)28-4;1-21(2,3)33-20(27)16-32-13-17(23)5-4-7-28-9-11-30-14-18(24)22-6-8-29-10-12-31-15-19(25)26;;1-2/h5-17H2,1-4H3,(H,23,25);4-16H2,1-3H3,(H,22,24)(H,25,26);1H;2H2. The maximum absolute atomic E-state index is 11.7. The van der Waals surface area contributed by atoms with E-state index in [-0.39, 0.29) is 140 Å². The van der Waals surface area contributed by atoms with Gasteiger partial charge in [-0.3, -0.25) is 23.9 Å². The van der Waals surface area contributed by atoms with Crippen LogP contribution < -0.4 is 10.6 Å². The molecule has 0 aliphatic carbocycles. The Balaban J connectivity index is -0.000000593. The van der Waals surface area contributed by atoms with Gasteiger partial charge in [0, 0.05) is 39.1 Å². The zero-order chi connectivity index (χ0) is 52.6. The van der Waals surface area contributed by atoms with E-state index in [9.17, 15) is 38.4 Å². The third-order valence-corrected chi connectivity index (χ3v) is 7.06. The number of aliphatic carboxylic acids is 1. The van der Waals surface area contributed by atoms with Crippen LogP contribution in [0.25, 0.3) is 0 Å². The fourth-order valence-corrected chi connectivity index (χ4v) is 4.34. The van der Waals surface area contributed by atoms with Gasteiger partial charge in [-0.25, -0.2) is 19.2 Å². The zero-order valence-corrected chi connectivity index (χ0v) is 45.1. The summed E-state index contributed by atoms with van der Waals surface area (Å²) in [5.74, 6) is -3.34. The Kier molecular flexibility index (Phi) is 53.2. The van der Waals surface area contributed by atoms with Gasteiger partial charge in [0.2, 0.25) is 11.8 Å². The molecule has 3 N–H and O–H groups in total. The molecule has 1 unspecified atom stereocenters. The average molecular weight is 1150 g/mol. The van der Waals surface area contributed by atoms with E-state index in [2.05, 4.69) is 44.3 Å². The molecule has 0 bridgehead atoms. The number of hydrogen-bond acceptors (Lipinski definition) is 21. The molecule has 0 heterocycles. The number of Topliss-reactive ketones (excluding diaryl/α,β-unsaturated/α-hetero) is 2. The van der Waals surface area contributed by atoms with Crippen LogP contribution in [0.5, 0.6) is 0 Å². The van der Waals surface area contributed by atoms with Gasteiger partial charge in [-0.15, -0.1) is 0 Å². The third-order valence-electron chi connectivity index (χ3n) is 7.06. The number of ketones is 2. The van der Waals surface area contributed by atoms with E-state index in [0.29, 0.717) is 59.0 Å². The first-order valence-electron chi connectivity index (χ1n) is 22.0. The molecule has 0 spiro atoms. The quantitative estimate of drug-likeness (QED) is 0.0256. The topological polar surface area (TPSA) is 301 Å². The number of carbonyl (C=O) groups excluding carboxylic acids is 7. The fraction of sp³-hybridized carbons (Fsp3) is 0.814. The van der Waals surface area contributed by atoms with Gasteiger partial charge in [0.1, 0.15) is 64.1 Å². The van der Waals surface area contributed by atoms with Crippen LogP contribution in [0.4, 0.5) is 4.70 Å². The minimum atomic E-state index is -1.04. The number of rotatable bonds is 42. The lowest BCUT2D eigenvalue weighted by atomic mass is 10.2. The van der Waals surface area contributed by atoms with Gasteiger partial charge in [-0.1, -0.05) is 28.9 Å². The van der Waals surface area contributed by atoms with Crippen LogP contribution >= 0.6 is 28.9 Å². The zero-order valence-electron chi connectivity index (χ0n) is 41.8. The van der Waals surface area contributed by atoms with Crippen LogP contribution in [0.15, 0.2) is 0 Å². The maximum Gasteiger partial charge on any atom is 0.332 e. The monoisotopic (exact) mass is 1150 g/mol. The lowest BCUT2D eigenvalue weighted by molar-refractivity contribution is -0.161. The molecule has 0 aromatic carbocycles. The molecule has 0 fully saturated rings. The van der Waals surface area contributed by atoms with Crippen molar-refractivity contribution in [3.8, 4) is 0 Å². The van der Waals surface area contributed by atoms with Gasteiger partial charge >= 0.3 is 23.9 Å². The van der Waals surface area contributed by atoms with Crippen LogP contribution in [0.2, 0.25) is 0 Å². The van der Waals surface area contributed by atoms with E-state index in [1.54, 1.807) is 41.5 Å². The van der Waals surface area contributed by atoms with E-state index in [0.717, 1.165) is 0 Å². The summed E-state index contributed by atoms with van der Waals surface area (Å²) in [7, 11) is 1.28. The van der Waals surface area contributed by atoms with Crippen molar-refractivity contribution >= 4 is 76.2 Å². The number of esters is 3. The highest BCUT2D eigenvalue weighted by Crippen LogP contribution is 2.08. The summed E-state index contributed by atoms with van der Waals surface area (Å²) in [4.78, 5) is 90.5. The van der Waals surface area contributed by atoms with Gasteiger partial charge < -0.3 is 77.3 Å². The normalized spacial score (nSPS) is 10.8. The Hall–Kier alpha value is -3.15. The Bertz CT molecular complexity index is 1390. The molecule has 0 saturated carbocycles. The third kappa shape index (κ3) is 62.9. The second-order valence-electron chi connectivity index (χ2n) is 15.8. The molecule has 1 atom stereocenters. The van der Waals surface area contributed by atoms with Crippen LogP contribution in [0.3, 0.4) is 0 Å². The molecule has 412 valence electrons. The second kappa shape index (κ2) is 50.8. The van der Waals surface area contributed by atoms with Gasteiger partial charge in [-0.05, 0) is 54.4 Å². The summed E-state index contributed by atoms with van der Waals surface area (Å²) >= 11 is 2.07. The molecule has 27 heteroatoms. The van der Waals surface area contributed by atoms with Gasteiger partial charge in [-0.2, -0.15) is 0 Å². The van der Waals surface area contributed by atoms with Crippen molar-refractivity contribution < 1.29 is 110 Å². The first kappa shape index (κ1) is 73.4. The molecule has 0 radical (unpaired) electrons. The summed E-state index contributed by atoms with van der Waals surface area (Å²) in [5.41, 5.74) is -1.18. The van der Waals surface area contributed by atoms with E-state index in [1.165, 1.54) is 7.11 Å². The number of carbonyl (C=O) groups is 8. The highest BCUT2D eigenvalue weighted by Gasteiger charge is 2.18. The van der Waals surface area contributed by atoms with Crippen LogP contribution in [-0.4, -0.2) is 216 Å². The first-order valence-corrected chi connectivity index (χ1v) is 26.2. The van der Waals surface area contributed by atoms with Crippen LogP contribution in [-0.2, 0) is 99.9 Å². The summed E-state index contributed by atoms with van der Waals surface area (Å²) in [6.07, 6.45) is 1.57. The SMILES string of the molecule is CC(C)(C)OC(=O)COCC(=O)CCCOCCOCC(=O)NCCOCCOCC(=O)O.COC(=O)COCCOCCNC(=O)COCCOCCCC(=O)COCC(=O)OC(C)(C)C.F.PI. The molecule has 0 aromatic rings. The number of carboxylic acids is 1. The van der Waals surface area contributed by atoms with Gasteiger partial charge in [0.25, 0.3) is 0 Å². The minimum absolute atomic E-state index is 0. The van der Waals surface area contributed by atoms with Crippen LogP contribution in [0, 0.1) is 0 Å². The molecular formula is C43H79FIN2O22P. The van der Waals surface area contributed by atoms with Crippen molar-refractivity contribution in [1.82, 2.24) is 10.6 Å². The predicted octanol–water partition coefficient (Wildman–Crippen LogP) is 1.37. The van der Waals surface area contributed by atoms with E-state index in [4.69, 9.17) is 61.9 Å². The van der Waals surface area contributed by atoms with Crippen molar-refractivity contribution in [3.63, 3.8) is 0 Å². The lowest BCUT2D eigenvalue weighted by Gasteiger charge is -2.19. The Morgan fingerprint density at radius 2 is 0.743 bits per heavy atom. The number of carboxylic acid groups (broad SMARTS) is 1. The molecule has 0 aliphatic rings. The molecule has 0 saturated heterocycles. The second-order valence-corrected chi connectivity index (χ2v) is 15.8. The Morgan fingerprint density at radius 3 is 1.09 bits per heavy atom. The highest BCUT2D eigenvalue weighted by molar-refractivity contribution is 14.2. The molecule has 24 nitrogen and oxygen atoms in total. The van der Waals surface area contributed by atoms with E-state index >= 15 is 0 Å². The Labute approximate surface area is 425 Å². The number of hydrogen-bond donors (Lipinski definition) is 3. The number of nitrogens with one attached hydrogen (secondary N) is 2. The summed E-state index contributed by atoms with van der Waals surface area (Å²) in [6, 6.07) is 0. The van der Waals surface area contributed by atoms with Crippen molar-refractivity contribution in [1.29, 1.82) is 0 Å². The number of ether oxygens (including phenoxy) is 13. The fourth-order valence-electron chi connectivity index (χ4n) is 4.34. The highest BCUT2D eigenvalue weighted by atomic mass is 127. The summed E-state index contributed by atoms with van der Waals surface area (Å²) in [5, 5.41) is 13.6. The van der Waals surface area contributed by atoms with Crippen molar-refractivity contribution in [2.24, 2.45) is 0 Å². The summed E-state index contributed by atoms with van der Waals surface area (Å²) in [6.45, 7) is 15.3. The van der Waals surface area contributed by atoms with Crippen molar-refractivity contribution in [2.45, 2.75) is 78.4 Å². The van der Waals surface area contributed by atoms with Crippen molar-refractivity contribution in [3.05, 3.63) is 0 Å². The lowest BCUT2D eigenvalue weighted by Crippen LogP contribution is -2.31. The van der Waals surface area contributed by atoms with E-state index < -0.39 is 35.1 Å². The molecular weight excluding hydrogens is 1070 g/mol. The van der Waals surface area contributed by atoms with E-state index in [1.807, 2.05) is 0 Å². The van der Waals surface area contributed by atoms with Gasteiger partial charge in [0.15, 0.2) is 11.6 Å². The number of amides is 2. The molecule has 0 rings (SSSR count). The van der Waals surface area contributed by atoms with Crippen LogP contribution in [0.1, 0.15) is 67.2 Å². The maximum atomic E-state index is 11.7. The molecule has 70 heavy (non-hydrogen) atoms. The predicted molar refractivity (Wildman–Crippen MR) is 260 cm³/mol. The first-order chi connectivity index (χ1) is 32.7. The Morgan fingerprint density at radius 1 is 0.429 bits per heavy atom. The molecule has 0 aromatic heterocycles. The largest absolute Gasteiger partial charge is 0.480 e.